The van der Waals surface area contributed by atoms with E-state index < -0.39 is 67.5 Å². The van der Waals surface area contributed by atoms with Crippen molar-refractivity contribution >= 4 is 30.2 Å². The second-order valence-corrected chi connectivity index (χ2v) is 9.24. The van der Waals surface area contributed by atoms with Gasteiger partial charge in [0.25, 0.3) is 0 Å². The number of ether oxygens (including phenoxy) is 7. The quantitative estimate of drug-likeness (QED) is 0.166. The minimum absolute atomic E-state index is 0.0212. The molecular formula is C29H32O13. The van der Waals surface area contributed by atoms with Crippen LogP contribution in [0.25, 0.3) is 0 Å². The van der Waals surface area contributed by atoms with Crippen molar-refractivity contribution in [3.05, 3.63) is 65.2 Å². The number of carbonyl (C=O) groups excluding carboxylic acids is 5. The predicted molar refractivity (Wildman–Crippen MR) is 141 cm³/mol. The number of benzene rings is 2. The van der Waals surface area contributed by atoms with Gasteiger partial charge >= 0.3 is 23.9 Å². The summed E-state index contributed by atoms with van der Waals surface area (Å²) in [5.74, 6) is -2.95. The van der Waals surface area contributed by atoms with Crippen LogP contribution in [0.1, 0.15) is 54.0 Å². The third-order valence-corrected chi connectivity index (χ3v) is 5.83. The molecule has 0 aromatic heterocycles. The SMILES string of the molecule is CC(=O)OC[C@H]1OC(Oc2ccc(C(=O)OCc3ccccc3)cc2C=O)[C@H](OC(C)O)[C@@H](OC(C)=O)[C@H]1OC(C)=O. The molecule has 2 unspecified atom stereocenters. The Hall–Kier alpha value is -4.33. The number of aldehydes is 1. The summed E-state index contributed by atoms with van der Waals surface area (Å²) in [6, 6.07) is 13.0. The highest BCUT2D eigenvalue weighted by Crippen LogP contribution is 2.32. The normalized spacial score (nSPS) is 22.3. The summed E-state index contributed by atoms with van der Waals surface area (Å²) in [5.41, 5.74) is 0.783. The fraction of sp³-hybridized carbons (Fsp3) is 0.414. The summed E-state index contributed by atoms with van der Waals surface area (Å²) < 4.78 is 38.6. The van der Waals surface area contributed by atoms with Crippen LogP contribution in [0.4, 0.5) is 0 Å². The molecule has 1 heterocycles. The van der Waals surface area contributed by atoms with Crippen LogP contribution in [-0.2, 0) is 49.4 Å². The van der Waals surface area contributed by atoms with Gasteiger partial charge in [-0.3, -0.25) is 19.2 Å². The fourth-order valence-corrected chi connectivity index (χ4v) is 4.14. The number of carbonyl (C=O) groups is 5. The number of esters is 4. The van der Waals surface area contributed by atoms with Gasteiger partial charge in [0.2, 0.25) is 6.29 Å². The Balaban J connectivity index is 1.91. The summed E-state index contributed by atoms with van der Waals surface area (Å²) >= 11 is 0. The molecule has 0 bridgehead atoms. The van der Waals surface area contributed by atoms with Gasteiger partial charge in [-0.1, -0.05) is 30.3 Å². The molecule has 0 radical (unpaired) electrons. The Morgan fingerprint density at radius 1 is 0.905 bits per heavy atom. The van der Waals surface area contributed by atoms with Crippen LogP contribution in [0.3, 0.4) is 0 Å². The molecule has 1 fully saturated rings. The van der Waals surface area contributed by atoms with E-state index in [-0.39, 0.29) is 23.5 Å². The van der Waals surface area contributed by atoms with E-state index in [1.165, 1.54) is 25.1 Å². The first kappa shape index (κ1) is 32.2. The van der Waals surface area contributed by atoms with E-state index in [4.69, 9.17) is 33.2 Å². The molecule has 2 aromatic carbocycles. The summed E-state index contributed by atoms with van der Waals surface area (Å²) in [7, 11) is 0. The Morgan fingerprint density at radius 2 is 1.57 bits per heavy atom. The number of aliphatic hydroxyl groups is 1. The number of aliphatic hydroxyl groups excluding tert-OH is 1. The van der Waals surface area contributed by atoms with Gasteiger partial charge in [0.05, 0.1) is 11.1 Å². The second-order valence-electron chi connectivity index (χ2n) is 9.24. The molecular weight excluding hydrogens is 556 g/mol. The number of hydrogen-bond acceptors (Lipinski definition) is 13. The first-order valence-corrected chi connectivity index (χ1v) is 12.9. The minimum Gasteiger partial charge on any atom is -0.463 e. The van der Waals surface area contributed by atoms with Crippen LogP contribution < -0.4 is 4.74 Å². The Kier molecular flexibility index (Phi) is 11.5. The first-order valence-electron chi connectivity index (χ1n) is 12.9. The van der Waals surface area contributed by atoms with Crippen molar-refractivity contribution in [1.82, 2.24) is 0 Å². The molecule has 0 saturated carbocycles. The van der Waals surface area contributed by atoms with Crippen LogP contribution in [0.2, 0.25) is 0 Å². The van der Waals surface area contributed by atoms with E-state index in [0.29, 0.717) is 6.29 Å². The lowest BCUT2D eigenvalue weighted by Gasteiger charge is -2.44. The van der Waals surface area contributed by atoms with E-state index in [2.05, 4.69) is 0 Å². The van der Waals surface area contributed by atoms with Gasteiger partial charge in [0.15, 0.2) is 30.9 Å². The van der Waals surface area contributed by atoms with E-state index in [0.717, 1.165) is 26.3 Å². The van der Waals surface area contributed by atoms with Gasteiger partial charge in [-0.2, -0.15) is 0 Å². The largest absolute Gasteiger partial charge is 0.463 e. The lowest BCUT2D eigenvalue weighted by molar-refractivity contribution is -0.313. The van der Waals surface area contributed by atoms with Crippen molar-refractivity contribution in [2.75, 3.05) is 6.61 Å². The average molecular weight is 589 g/mol. The van der Waals surface area contributed by atoms with Gasteiger partial charge < -0.3 is 38.3 Å². The molecule has 3 rings (SSSR count). The maximum absolute atomic E-state index is 12.6. The van der Waals surface area contributed by atoms with E-state index in [1.807, 2.05) is 6.07 Å². The maximum atomic E-state index is 12.6. The Labute approximate surface area is 241 Å². The van der Waals surface area contributed by atoms with Crippen molar-refractivity contribution in [2.45, 2.75) is 71.3 Å². The molecule has 0 amide bonds. The highest BCUT2D eigenvalue weighted by Gasteiger charge is 2.52. The summed E-state index contributed by atoms with van der Waals surface area (Å²) in [6.07, 6.45) is -7.83. The molecule has 13 heteroatoms. The number of hydrogen-bond donors (Lipinski definition) is 1. The lowest BCUT2D eigenvalue weighted by Crippen LogP contribution is -2.63. The third kappa shape index (κ3) is 9.09. The van der Waals surface area contributed by atoms with Gasteiger partial charge in [0.1, 0.15) is 25.1 Å². The van der Waals surface area contributed by atoms with Crippen LogP contribution in [0.5, 0.6) is 5.75 Å². The van der Waals surface area contributed by atoms with Gasteiger partial charge in [0, 0.05) is 20.8 Å². The van der Waals surface area contributed by atoms with Crippen LogP contribution >= 0.6 is 0 Å². The van der Waals surface area contributed by atoms with Crippen molar-refractivity contribution in [2.24, 2.45) is 0 Å². The van der Waals surface area contributed by atoms with Crippen LogP contribution in [0.15, 0.2) is 48.5 Å². The van der Waals surface area contributed by atoms with Gasteiger partial charge in [-0.15, -0.1) is 0 Å². The van der Waals surface area contributed by atoms with Crippen LogP contribution in [0, 0.1) is 0 Å². The smallest absolute Gasteiger partial charge is 0.338 e. The first-order chi connectivity index (χ1) is 20.0. The zero-order valence-corrected chi connectivity index (χ0v) is 23.4. The third-order valence-electron chi connectivity index (χ3n) is 5.83. The molecule has 1 N–H and O–H groups in total. The molecule has 42 heavy (non-hydrogen) atoms. The van der Waals surface area contributed by atoms with Crippen molar-refractivity contribution in [3.8, 4) is 5.75 Å². The molecule has 1 aliphatic heterocycles. The zero-order chi connectivity index (χ0) is 30.8. The fourth-order valence-electron chi connectivity index (χ4n) is 4.14. The standard InChI is InChI=1S/C29H32O13/c1-16(31)36-15-24-25(38-17(2)32)26(39-18(3)33)27(40-19(4)34)29(42-24)41-23-11-10-21(12-22(23)13-30)28(35)37-14-20-8-6-5-7-9-20/h5-13,19,24-27,29,34H,14-15H2,1-4H3/t19?,24-,25+,26+,27-,29?/m1/s1. The Bertz CT molecular complexity index is 1260. The second kappa shape index (κ2) is 15.1. The van der Waals surface area contributed by atoms with E-state index in [9.17, 15) is 29.1 Å². The van der Waals surface area contributed by atoms with Crippen molar-refractivity contribution < 1.29 is 62.2 Å². The maximum Gasteiger partial charge on any atom is 0.338 e. The molecule has 0 aliphatic carbocycles. The van der Waals surface area contributed by atoms with Crippen molar-refractivity contribution in [3.63, 3.8) is 0 Å². The molecule has 6 atom stereocenters. The molecule has 0 spiro atoms. The molecule has 1 aliphatic rings. The van der Waals surface area contributed by atoms with Crippen LogP contribution in [-0.4, -0.2) is 78.9 Å². The highest BCUT2D eigenvalue weighted by atomic mass is 16.7. The van der Waals surface area contributed by atoms with E-state index in [1.54, 1.807) is 24.3 Å². The van der Waals surface area contributed by atoms with E-state index >= 15 is 0 Å². The minimum atomic E-state index is -1.49. The number of rotatable bonds is 12. The van der Waals surface area contributed by atoms with Gasteiger partial charge in [-0.25, -0.2) is 4.79 Å². The molecule has 2 aromatic rings. The average Bonchev–Trinajstić information content (AvgIpc) is 2.93. The topological polar surface area (TPSA) is 170 Å². The summed E-state index contributed by atoms with van der Waals surface area (Å²) in [6.45, 7) is 4.25. The summed E-state index contributed by atoms with van der Waals surface area (Å²) in [5, 5.41) is 10.0. The Morgan fingerprint density at radius 3 is 2.17 bits per heavy atom. The molecule has 13 nitrogen and oxygen atoms in total. The van der Waals surface area contributed by atoms with Gasteiger partial charge in [-0.05, 0) is 30.7 Å². The molecule has 1 saturated heterocycles. The molecule has 226 valence electrons. The summed E-state index contributed by atoms with van der Waals surface area (Å²) in [4.78, 5) is 60.0. The monoisotopic (exact) mass is 588 g/mol. The predicted octanol–water partition coefficient (Wildman–Crippen LogP) is 2.11. The van der Waals surface area contributed by atoms with Crippen molar-refractivity contribution in [1.29, 1.82) is 0 Å². The zero-order valence-electron chi connectivity index (χ0n) is 23.4. The lowest BCUT2D eigenvalue weighted by atomic mass is 9.98. The highest BCUT2D eigenvalue weighted by molar-refractivity contribution is 5.92.